The number of ether oxygens (including phenoxy) is 1. The van der Waals surface area contributed by atoms with Crippen molar-refractivity contribution in [1.82, 2.24) is 5.32 Å². The Morgan fingerprint density at radius 1 is 1.13 bits per heavy atom. The van der Waals surface area contributed by atoms with Crippen molar-refractivity contribution in [1.29, 1.82) is 0 Å². The molecule has 2 atom stereocenters. The highest BCUT2D eigenvalue weighted by atomic mass is 16.5. The van der Waals surface area contributed by atoms with Crippen molar-refractivity contribution < 1.29 is 14.3 Å². The summed E-state index contributed by atoms with van der Waals surface area (Å²) in [7, 11) is 0. The lowest BCUT2D eigenvalue weighted by atomic mass is 9.87. The first kappa shape index (κ1) is 17.5. The number of rotatable bonds is 6. The van der Waals surface area contributed by atoms with E-state index in [-0.39, 0.29) is 17.9 Å². The Kier molecular flexibility index (Phi) is 6.63. The molecule has 0 heterocycles. The Morgan fingerprint density at radius 3 is 2.43 bits per heavy atom. The molecule has 1 aromatic carbocycles. The highest BCUT2D eigenvalue weighted by Gasteiger charge is 2.23. The number of benzene rings is 1. The maximum Gasteiger partial charge on any atom is 0.306 e. The molecule has 2 rings (SSSR count). The van der Waals surface area contributed by atoms with Gasteiger partial charge in [-0.1, -0.05) is 49.6 Å². The molecule has 0 spiro atoms. The van der Waals surface area contributed by atoms with Crippen LogP contribution in [0.15, 0.2) is 30.3 Å². The van der Waals surface area contributed by atoms with Gasteiger partial charge in [0.15, 0.2) is 6.10 Å². The average Bonchev–Trinajstić information content (AvgIpc) is 2.56. The monoisotopic (exact) mass is 317 g/mol. The van der Waals surface area contributed by atoms with Crippen LogP contribution in [0.5, 0.6) is 0 Å². The number of hydrogen-bond acceptors (Lipinski definition) is 3. The standard InChI is InChI=1S/C19H27NO3/c1-14(17-11-7-4-8-12-17)20-19(22)15(2)23-18(21)13-16-9-5-3-6-10-16/h4,7-8,11-12,14-16H,3,5-6,9-10,13H2,1-2H3,(H,20,22). The Labute approximate surface area is 138 Å². The van der Waals surface area contributed by atoms with Crippen LogP contribution in [0.1, 0.15) is 64.0 Å². The molecule has 1 N–H and O–H groups in total. The lowest BCUT2D eigenvalue weighted by Crippen LogP contribution is -2.37. The summed E-state index contributed by atoms with van der Waals surface area (Å²) in [5, 5.41) is 2.89. The summed E-state index contributed by atoms with van der Waals surface area (Å²) in [6, 6.07) is 9.63. The second-order valence-corrected chi connectivity index (χ2v) is 6.48. The molecule has 1 aliphatic rings. The summed E-state index contributed by atoms with van der Waals surface area (Å²) in [5.41, 5.74) is 1.03. The topological polar surface area (TPSA) is 55.4 Å². The first-order valence-corrected chi connectivity index (χ1v) is 8.61. The van der Waals surface area contributed by atoms with Gasteiger partial charge in [0, 0.05) is 6.42 Å². The minimum absolute atomic E-state index is 0.108. The van der Waals surface area contributed by atoms with E-state index in [2.05, 4.69) is 5.32 Å². The van der Waals surface area contributed by atoms with Crippen molar-refractivity contribution in [3.8, 4) is 0 Å². The SMILES string of the molecule is CC(OC(=O)CC1CCCCC1)C(=O)NC(C)c1ccccc1. The van der Waals surface area contributed by atoms with Crippen LogP contribution in [-0.4, -0.2) is 18.0 Å². The summed E-state index contributed by atoms with van der Waals surface area (Å²) < 4.78 is 5.30. The smallest absolute Gasteiger partial charge is 0.306 e. The molecule has 23 heavy (non-hydrogen) atoms. The van der Waals surface area contributed by atoms with Gasteiger partial charge in [0.2, 0.25) is 0 Å². The van der Waals surface area contributed by atoms with E-state index in [9.17, 15) is 9.59 Å². The molecular formula is C19H27NO3. The van der Waals surface area contributed by atoms with Gasteiger partial charge in [-0.05, 0) is 38.2 Å². The lowest BCUT2D eigenvalue weighted by molar-refractivity contribution is -0.156. The predicted octanol–water partition coefficient (Wildman–Crippen LogP) is 3.77. The predicted molar refractivity (Wildman–Crippen MR) is 89.7 cm³/mol. The van der Waals surface area contributed by atoms with E-state index in [1.165, 1.54) is 19.3 Å². The van der Waals surface area contributed by atoms with Crippen LogP contribution in [0, 0.1) is 5.92 Å². The van der Waals surface area contributed by atoms with Crippen molar-refractivity contribution in [2.24, 2.45) is 5.92 Å². The normalized spacial score (nSPS) is 18.0. The second kappa shape index (κ2) is 8.70. The first-order valence-electron chi connectivity index (χ1n) is 8.61. The molecule has 126 valence electrons. The zero-order valence-electron chi connectivity index (χ0n) is 14.1. The quantitative estimate of drug-likeness (QED) is 0.813. The molecule has 0 radical (unpaired) electrons. The van der Waals surface area contributed by atoms with Crippen LogP contribution < -0.4 is 5.32 Å². The third-order valence-corrected chi connectivity index (χ3v) is 4.52. The van der Waals surface area contributed by atoms with E-state index in [1.54, 1.807) is 6.92 Å². The molecule has 0 aromatic heterocycles. The number of carbonyl (C=O) groups excluding carboxylic acids is 2. The van der Waals surface area contributed by atoms with E-state index in [0.717, 1.165) is 18.4 Å². The molecule has 1 aliphatic carbocycles. The van der Waals surface area contributed by atoms with Gasteiger partial charge in [-0.3, -0.25) is 9.59 Å². The molecule has 4 heteroatoms. The van der Waals surface area contributed by atoms with E-state index in [4.69, 9.17) is 4.74 Å². The minimum atomic E-state index is -0.753. The fourth-order valence-corrected chi connectivity index (χ4v) is 3.08. The third kappa shape index (κ3) is 5.70. The second-order valence-electron chi connectivity index (χ2n) is 6.48. The average molecular weight is 317 g/mol. The Bertz CT molecular complexity index is 509. The summed E-state index contributed by atoms with van der Waals surface area (Å²) in [4.78, 5) is 24.1. The summed E-state index contributed by atoms with van der Waals surface area (Å²) >= 11 is 0. The molecule has 1 aromatic rings. The van der Waals surface area contributed by atoms with Gasteiger partial charge in [-0.15, -0.1) is 0 Å². The van der Waals surface area contributed by atoms with E-state index in [1.807, 2.05) is 37.3 Å². The molecule has 0 aliphatic heterocycles. The molecule has 1 saturated carbocycles. The molecule has 1 fully saturated rings. The molecule has 2 unspecified atom stereocenters. The number of carbonyl (C=O) groups is 2. The van der Waals surface area contributed by atoms with Crippen LogP contribution >= 0.6 is 0 Å². The van der Waals surface area contributed by atoms with Crippen molar-refractivity contribution in [3.63, 3.8) is 0 Å². The molecule has 4 nitrogen and oxygen atoms in total. The maximum atomic E-state index is 12.2. The largest absolute Gasteiger partial charge is 0.453 e. The van der Waals surface area contributed by atoms with Crippen molar-refractivity contribution in [2.75, 3.05) is 0 Å². The number of hydrogen-bond donors (Lipinski definition) is 1. The number of nitrogens with one attached hydrogen (secondary N) is 1. The highest BCUT2D eigenvalue weighted by molar-refractivity contribution is 5.83. The van der Waals surface area contributed by atoms with Crippen LogP contribution in [0.3, 0.4) is 0 Å². The molecule has 0 saturated heterocycles. The number of esters is 1. The fraction of sp³-hybridized carbons (Fsp3) is 0.579. The van der Waals surface area contributed by atoms with Gasteiger partial charge in [-0.25, -0.2) is 0 Å². The summed E-state index contributed by atoms with van der Waals surface area (Å²) in [6.45, 7) is 3.55. The third-order valence-electron chi connectivity index (χ3n) is 4.52. The molecule has 1 amide bonds. The lowest BCUT2D eigenvalue weighted by Gasteiger charge is -2.22. The van der Waals surface area contributed by atoms with E-state index >= 15 is 0 Å². The Balaban J connectivity index is 1.76. The Morgan fingerprint density at radius 2 is 1.78 bits per heavy atom. The zero-order valence-corrected chi connectivity index (χ0v) is 14.1. The van der Waals surface area contributed by atoms with Crippen molar-refractivity contribution in [3.05, 3.63) is 35.9 Å². The van der Waals surface area contributed by atoms with Crippen LogP contribution in [-0.2, 0) is 14.3 Å². The van der Waals surface area contributed by atoms with Gasteiger partial charge in [0.25, 0.3) is 5.91 Å². The summed E-state index contributed by atoms with van der Waals surface area (Å²) in [6.07, 6.45) is 5.54. The van der Waals surface area contributed by atoms with E-state index < -0.39 is 6.10 Å². The van der Waals surface area contributed by atoms with Crippen LogP contribution in [0.25, 0.3) is 0 Å². The van der Waals surface area contributed by atoms with Crippen molar-refractivity contribution in [2.45, 2.75) is 64.5 Å². The van der Waals surface area contributed by atoms with Gasteiger partial charge in [0.05, 0.1) is 6.04 Å². The van der Waals surface area contributed by atoms with Crippen LogP contribution in [0.2, 0.25) is 0 Å². The zero-order chi connectivity index (χ0) is 16.7. The maximum absolute atomic E-state index is 12.2. The fourth-order valence-electron chi connectivity index (χ4n) is 3.08. The molecular weight excluding hydrogens is 290 g/mol. The number of amides is 1. The first-order chi connectivity index (χ1) is 11.1. The van der Waals surface area contributed by atoms with Gasteiger partial charge >= 0.3 is 5.97 Å². The van der Waals surface area contributed by atoms with Crippen LogP contribution in [0.4, 0.5) is 0 Å². The highest BCUT2D eigenvalue weighted by Crippen LogP contribution is 2.26. The van der Waals surface area contributed by atoms with Crippen molar-refractivity contribution >= 4 is 11.9 Å². The van der Waals surface area contributed by atoms with Gasteiger partial charge < -0.3 is 10.1 Å². The van der Waals surface area contributed by atoms with Gasteiger partial charge in [-0.2, -0.15) is 0 Å². The van der Waals surface area contributed by atoms with Gasteiger partial charge in [0.1, 0.15) is 0 Å². The minimum Gasteiger partial charge on any atom is -0.453 e. The summed E-state index contributed by atoms with van der Waals surface area (Å²) in [5.74, 6) is -0.0833. The Hall–Kier alpha value is -1.84. The van der Waals surface area contributed by atoms with E-state index in [0.29, 0.717) is 12.3 Å². The molecule has 0 bridgehead atoms.